The van der Waals surface area contributed by atoms with E-state index in [1.165, 1.54) is 0 Å². The average Bonchev–Trinajstić information content (AvgIpc) is 2.83. The van der Waals surface area contributed by atoms with Crippen molar-refractivity contribution in [1.82, 2.24) is 14.8 Å². The molecule has 0 saturated carbocycles. The maximum Gasteiger partial charge on any atom is 0.213 e. The van der Waals surface area contributed by atoms with Crippen molar-refractivity contribution in [2.75, 3.05) is 7.11 Å². The second kappa shape index (κ2) is 7.04. The monoisotopic (exact) mass is 353 g/mol. The van der Waals surface area contributed by atoms with E-state index in [2.05, 4.69) is 32.9 Å². The van der Waals surface area contributed by atoms with Gasteiger partial charge in [0, 0.05) is 19.0 Å². The van der Waals surface area contributed by atoms with Crippen LogP contribution in [-0.2, 0) is 19.4 Å². The van der Waals surface area contributed by atoms with Gasteiger partial charge < -0.3 is 9.84 Å². The summed E-state index contributed by atoms with van der Waals surface area (Å²) in [6.45, 7) is 4.88. The Balaban J connectivity index is 2.26. The van der Waals surface area contributed by atoms with E-state index >= 15 is 0 Å². The van der Waals surface area contributed by atoms with Crippen LogP contribution in [0.3, 0.4) is 0 Å². The summed E-state index contributed by atoms with van der Waals surface area (Å²) in [5.41, 5.74) is 2.60. The fraction of sp³-hybridized carbons (Fsp3) is 0.467. The summed E-state index contributed by atoms with van der Waals surface area (Å²) >= 11 is 3.59. The van der Waals surface area contributed by atoms with E-state index in [0.29, 0.717) is 18.0 Å². The Morgan fingerprint density at radius 1 is 1.38 bits per heavy atom. The molecule has 0 aliphatic carbocycles. The Morgan fingerprint density at radius 2 is 2.14 bits per heavy atom. The van der Waals surface area contributed by atoms with Crippen molar-refractivity contribution in [2.24, 2.45) is 0 Å². The molecule has 0 aromatic carbocycles. The predicted octanol–water partition coefficient (Wildman–Crippen LogP) is 2.91. The summed E-state index contributed by atoms with van der Waals surface area (Å²) in [5.74, 6) is 0.504. The summed E-state index contributed by atoms with van der Waals surface area (Å²) in [6.07, 6.45) is 0.624. The standard InChI is InChI=1S/C15H20BrN3O2/c1-4-10-15(16)12(19(5-2)18-10)9-13(20)11-7-6-8-14(17-11)21-3/h6-8,13,20H,4-5,9H2,1-3H3. The highest BCUT2D eigenvalue weighted by molar-refractivity contribution is 9.10. The Kier molecular flexibility index (Phi) is 5.36. The van der Waals surface area contributed by atoms with E-state index in [4.69, 9.17) is 4.74 Å². The molecule has 0 spiro atoms. The fourth-order valence-corrected chi connectivity index (χ4v) is 2.96. The molecule has 0 amide bonds. The number of aryl methyl sites for hydroxylation is 2. The van der Waals surface area contributed by atoms with Gasteiger partial charge in [-0.2, -0.15) is 5.10 Å². The maximum atomic E-state index is 10.4. The van der Waals surface area contributed by atoms with Crippen LogP contribution >= 0.6 is 15.9 Å². The third kappa shape index (κ3) is 3.44. The SMILES string of the molecule is CCc1nn(CC)c(CC(O)c2cccc(OC)n2)c1Br. The molecule has 2 aromatic rings. The summed E-state index contributed by atoms with van der Waals surface area (Å²) < 4.78 is 8.00. The van der Waals surface area contributed by atoms with Crippen molar-refractivity contribution < 1.29 is 9.84 Å². The molecule has 1 atom stereocenters. The number of hydrogen-bond donors (Lipinski definition) is 1. The minimum atomic E-state index is -0.692. The van der Waals surface area contributed by atoms with Gasteiger partial charge in [-0.15, -0.1) is 0 Å². The van der Waals surface area contributed by atoms with Gasteiger partial charge in [-0.3, -0.25) is 4.68 Å². The van der Waals surface area contributed by atoms with E-state index < -0.39 is 6.10 Å². The number of rotatable bonds is 6. The highest BCUT2D eigenvalue weighted by Crippen LogP contribution is 2.27. The Labute approximate surface area is 133 Å². The normalized spacial score (nSPS) is 12.4. The van der Waals surface area contributed by atoms with Crippen LogP contribution in [0, 0.1) is 0 Å². The number of aromatic nitrogens is 3. The quantitative estimate of drug-likeness (QED) is 0.867. The first kappa shape index (κ1) is 16.0. The molecule has 0 saturated heterocycles. The first-order valence-corrected chi connectivity index (χ1v) is 7.83. The van der Waals surface area contributed by atoms with Crippen LogP contribution in [0.25, 0.3) is 0 Å². The molecular formula is C15H20BrN3O2. The third-order valence-electron chi connectivity index (χ3n) is 3.38. The molecule has 2 heterocycles. The molecule has 2 aromatic heterocycles. The molecule has 0 fully saturated rings. The molecule has 2 rings (SSSR count). The number of nitrogens with zero attached hydrogens (tertiary/aromatic N) is 3. The first-order valence-electron chi connectivity index (χ1n) is 7.03. The van der Waals surface area contributed by atoms with E-state index in [1.807, 2.05) is 17.7 Å². The Hall–Kier alpha value is -1.40. The largest absolute Gasteiger partial charge is 0.481 e. The Morgan fingerprint density at radius 3 is 2.76 bits per heavy atom. The van der Waals surface area contributed by atoms with E-state index in [-0.39, 0.29) is 0 Å². The van der Waals surface area contributed by atoms with Crippen molar-refractivity contribution in [3.8, 4) is 5.88 Å². The molecular weight excluding hydrogens is 334 g/mol. The van der Waals surface area contributed by atoms with Crippen LogP contribution < -0.4 is 4.74 Å². The van der Waals surface area contributed by atoms with E-state index in [9.17, 15) is 5.11 Å². The van der Waals surface area contributed by atoms with Crippen LogP contribution in [0.2, 0.25) is 0 Å². The highest BCUT2D eigenvalue weighted by Gasteiger charge is 2.19. The van der Waals surface area contributed by atoms with Gasteiger partial charge in [0.05, 0.1) is 28.7 Å². The topological polar surface area (TPSA) is 60.2 Å². The predicted molar refractivity (Wildman–Crippen MR) is 84.4 cm³/mol. The van der Waals surface area contributed by atoms with Gasteiger partial charge in [0.1, 0.15) is 6.10 Å². The molecule has 1 unspecified atom stereocenters. The lowest BCUT2D eigenvalue weighted by molar-refractivity contribution is 0.169. The molecule has 114 valence electrons. The number of hydrogen-bond acceptors (Lipinski definition) is 4. The maximum absolute atomic E-state index is 10.4. The van der Waals surface area contributed by atoms with Crippen LogP contribution in [0.15, 0.2) is 22.7 Å². The van der Waals surface area contributed by atoms with Gasteiger partial charge in [0.2, 0.25) is 5.88 Å². The van der Waals surface area contributed by atoms with Crippen molar-refractivity contribution in [1.29, 1.82) is 0 Å². The van der Waals surface area contributed by atoms with Crippen molar-refractivity contribution in [2.45, 2.75) is 39.3 Å². The van der Waals surface area contributed by atoms with Crippen LogP contribution in [0.1, 0.15) is 37.0 Å². The van der Waals surface area contributed by atoms with Crippen molar-refractivity contribution in [3.63, 3.8) is 0 Å². The van der Waals surface area contributed by atoms with Crippen LogP contribution in [0.5, 0.6) is 5.88 Å². The molecule has 0 aliphatic heterocycles. The number of pyridine rings is 1. The second-order valence-corrected chi connectivity index (χ2v) is 5.49. The number of aliphatic hydroxyl groups excluding tert-OH is 1. The minimum Gasteiger partial charge on any atom is -0.481 e. The van der Waals surface area contributed by atoms with Gasteiger partial charge in [0.15, 0.2) is 0 Å². The van der Waals surface area contributed by atoms with Gasteiger partial charge in [0.25, 0.3) is 0 Å². The molecule has 0 radical (unpaired) electrons. The zero-order valence-electron chi connectivity index (χ0n) is 12.5. The zero-order chi connectivity index (χ0) is 15.4. The zero-order valence-corrected chi connectivity index (χ0v) is 14.1. The van der Waals surface area contributed by atoms with Gasteiger partial charge in [-0.25, -0.2) is 4.98 Å². The molecule has 0 bridgehead atoms. The molecule has 5 nitrogen and oxygen atoms in total. The van der Waals surface area contributed by atoms with Crippen molar-refractivity contribution >= 4 is 15.9 Å². The molecule has 1 N–H and O–H groups in total. The fourth-order valence-electron chi connectivity index (χ4n) is 2.23. The minimum absolute atomic E-state index is 0.460. The van der Waals surface area contributed by atoms with E-state index in [1.54, 1.807) is 19.2 Å². The summed E-state index contributed by atoms with van der Waals surface area (Å²) in [5, 5.41) is 15.0. The summed E-state index contributed by atoms with van der Waals surface area (Å²) in [4.78, 5) is 4.28. The smallest absolute Gasteiger partial charge is 0.213 e. The number of ether oxygens (including phenoxy) is 1. The van der Waals surface area contributed by atoms with E-state index in [0.717, 1.165) is 28.8 Å². The van der Waals surface area contributed by atoms with Gasteiger partial charge in [-0.1, -0.05) is 13.0 Å². The first-order chi connectivity index (χ1) is 10.1. The summed E-state index contributed by atoms with van der Waals surface area (Å²) in [7, 11) is 1.56. The number of methoxy groups -OCH3 is 1. The Bertz CT molecular complexity index is 613. The van der Waals surface area contributed by atoms with Crippen molar-refractivity contribution in [3.05, 3.63) is 39.8 Å². The lowest BCUT2D eigenvalue weighted by atomic mass is 10.1. The molecule has 6 heteroatoms. The second-order valence-electron chi connectivity index (χ2n) is 4.70. The van der Waals surface area contributed by atoms with Crippen LogP contribution in [0.4, 0.5) is 0 Å². The van der Waals surface area contributed by atoms with Gasteiger partial charge >= 0.3 is 0 Å². The molecule has 0 aliphatic rings. The summed E-state index contributed by atoms with van der Waals surface area (Å²) in [6, 6.07) is 5.39. The lowest BCUT2D eigenvalue weighted by Gasteiger charge is -2.12. The highest BCUT2D eigenvalue weighted by atomic mass is 79.9. The molecule has 21 heavy (non-hydrogen) atoms. The average molecular weight is 354 g/mol. The lowest BCUT2D eigenvalue weighted by Crippen LogP contribution is -2.10. The number of aliphatic hydroxyl groups is 1. The van der Waals surface area contributed by atoms with Gasteiger partial charge in [-0.05, 0) is 35.3 Å². The van der Waals surface area contributed by atoms with Crippen LogP contribution in [-0.4, -0.2) is 27.0 Å². The third-order valence-corrected chi connectivity index (χ3v) is 4.29. The number of halogens is 1.